The number of piperidine rings is 1. The van der Waals surface area contributed by atoms with Crippen LogP contribution in [0.5, 0.6) is 0 Å². The van der Waals surface area contributed by atoms with Crippen molar-refractivity contribution in [2.45, 2.75) is 71.8 Å². The van der Waals surface area contributed by atoms with Crippen LogP contribution in [0.2, 0.25) is 0 Å². The monoisotopic (exact) mass is 509 g/mol. The molecular weight excluding hydrogens is 466 g/mol. The Kier molecular flexibility index (Phi) is 11.0. The van der Waals surface area contributed by atoms with E-state index in [-0.39, 0.29) is 5.75 Å². The molecule has 196 valence electrons. The second-order valence-electron chi connectivity index (χ2n) is 10.5. The maximum absolute atomic E-state index is 13.6. The summed E-state index contributed by atoms with van der Waals surface area (Å²) >= 11 is 0. The highest BCUT2D eigenvalue weighted by Crippen LogP contribution is 2.28. The lowest BCUT2D eigenvalue weighted by atomic mass is 9.96. The number of likely N-dealkylation sites (tertiary alicyclic amines) is 1. The highest BCUT2D eigenvalue weighted by atomic mass is 32.2. The van der Waals surface area contributed by atoms with E-state index in [0.29, 0.717) is 24.7 Å². The molecule has 0 saturated carbocycles. The molecule has 0 aromatic heterocycles. The summed E-state index contributed by atoms with van der Waals surface area (Å²) in [6.45, 7) is 14.6. The molecule has 0 amide bonds. The summed E-state index contributed by atoms with van der Waals surface area (Å²) < 4.78 is 28.9. The Morgan fingerprint density at radius 3 is 2.44 bits per heavy atom. The molecule has 6 heteroatoms. The zero-order chi connectivity index (χ0) is 26.0. The third-order valence-electron chi connectivity index (χ3n) is 7.25. The lowest BCUT2D eigenvalue weighted by Crippen LogP contribution is -2.40. The standard InChI is InChI=1S/C30H43N3O2S/c1-5-6-7-8-9-10-18-36(34,35)33(23-26-14-16-32(4)17-15-26)24-27-19-25(2)20-29(21-27)28-12-11-13-30(22-28)31-3/h11-13,19-22,26H,5-10,14-18,23-24H2,1-2,4H3. The van der Waals surface area contributed by atoms with Gasteiger partial charge in [-0.05, 0) is 81.1 Å². The Hall–Kier alpha value is -2.20. The molecular formula is C30H43N3O2S. The van der Waals surface area contributed by atoms with Crippen LogP contribution < -0.4 is 0 Å². The van der Waals surface area contributed by atoms with Crippen molar-refractivity contribution in [3.8, 4) is 11.1 Å². The molecule has 2 aromatic rings. The predicted molar refractivity (Wildman–Crippen MR) is 151 cm³/mol. The quantitative estimate of drug-likeness (QED) is 0.215. The third kappa shape index (κ3) is 8.73. The molecule has 1 saturated heterocycles. The van der Waals surface area contributed by atoms with Crippen LogP contribution in [0.3, 0.4) is 0 Å². The molecule has 36 heavy (non-hydrogen) atoms. The molecule has 0 N–H and O–H groups in total. The molecule has 0 spiro atoms. The van der Waals surface area contributed by atoms with E-state index in [1.165, 1.54) is 19.3 Å². The van der Waals surface area contributed by atoms with E-state index in [1.807, 2.05) is 24.3 Å². The van der Waals surface area contributed by atoms with Crippen molar-refractivity contribution in [1.29, 1.82) is 0 Å². The van der Waals surface area contributed by atoms with Crippen molar-refractivity contribution < 1.29 is 8.42 Å². The maximum Gasteiger partial charge on any atom is 0.214 e. The number of rotatable bonds is 13. The minimum atomic E-state index is -3.35. The van der Waals surface area contributed by atoms with E-state index < -0.39 is 10.0 Å². The zero-order valence-electron chi connectivity index (χ0n) is 22.4. The van der Waals surface area contributed by atoms with E-state index >= 15 is 0 Å². The van der Waals surface area contributed by atoms with Gasteiger partial charge < -0.3 is 4.90 Å². The average molecular weight is 510 g/mol. The van der Waals surface area contributed by atoms with Gasteiger partial charge in [-0.1, -0.05) is 74.9 Å². The number of benzene rings is 2. The predicted octanol–water partition coefficient (Wildman–Crippen LogP) is 7.05. The molecule has 1 aliphatic heterocycles. The number of sulfonamides is 1. The van der Waals surface area contributed by atoms with Crippen molar-refractivity contribution in [3.05, 3.63) is 65.0 Å². The summed E-state index contributed by atoms with van der Waals surface area (Å²) in [5.41, 5.74) is 4.75. The summed E-state index contributed by atoms with van der Waals surface area (Å²) in [4.78, 5) is 5.89. The van der Waals surface area contributed by atoms with Gasteiger partial charge in [0.25, 0.3) is 0 Å². The fourth-order valence-corrected chi connectivity index (χ4v) is 6.69. The first kappa shape index (κ1) is 28.4. The summed E-state index contributed by atoms with van der Waals surface area (Å²) in [5, 5.41) is 0. The first-order valence-electron chi connectivity index (χ1n) is 13.6. The van der Waals surface area contributed by atoms with E-state index in [1.54, 1.807) is 4.31 Å². The van der Waals surface area contributed by atoms with Crippen molar-refractivity contribution in [2.75, 3.05) is 32.4 Å². The van der Waals surface area contributed by atoms with Crippen LogP contribution in [-0.4, -0.2) is 50.1 Å². The summed E-state index contributed by atoms with van der Waals surface area (Å²) in [6.07, 6.45) is 8.53. The molecule has 5 nitrogen and oxygen atoms in total. The molecule has 1 aliphatic rings. The molecule has 1 heterocycles. The van der Waals surface area contributed by atoms with Crippen LogP contribution in [0.15, 0.2) is 42.5 Å². The van der Waals surface area contributed by atoms with Gasteiger partial charge in [-0.25, -0.2) is 13.3 Å². The highest BCUT2D eigenvalue weighted by Gasteiger charge is 2.27. The molecule has 2 aromatic carbocycles. The van der Waals surface area contributed by atoms with Gasteiger partial charge in [0.05, 0.1) is 12.3 Å². The van der Waals surface area contributed by atoms with Gasteiger partial charge in [0.1, 0.15) is 0 Å². The highest BCUT2D eigenvalue weighted by molar-refractivity contribution is 7.89. The Morgan fingerprint density at radius 1 is 1.00 bits per heavy atom. The Balaban J connectivity index is 1.79. The van der Waals surface area contributed by atoms with Gasteiger partial charge in [-0.3, -0.25) is 0 Å². The molecule has 3 rings (SSSR count). The summed E-state index contributed by atoms with van der Waals surface area (Å²) in [5.74, 6) is 0.637. The van der Waals surface area contributed by atoms with Gasteiger partial charge in [-0.2, -0.15) is 4.31 Å². The van der Waals surface area contributed by atoms with Crippen LogP contribution in [-0.2, 0) is 16.6 Å². The largest absolute Gasteiger partial charge is 0.306 e. The second-order valence-corrected chi connectivity index (χ2v) is 12.6. The van der Waals surface area contributed by atoms with Crippen LogP contribution in [0, 0.1) is 19.4 Å². The molecule has 0 bridgehead atoms. The van der Waals surface area contributed by atoms with Crippen LogP contribution in [0.4, 0.5) is 5.69 Å². The molecule has 0 atom stereocenters. The first-order chi connectivity index (χ1) is 17.3. The van der Waals surface area contributed by atoms with Crippen molar-refractivity contribution >= 4 is 15.7 Å². The van der Waals surface area contributed by atoms with E-state index in [0.717, 1.165) is 67.4 Å². The lowest BCUT2D eigenvalue weighted by Gasteiger charge is -2.33. The molecule has 0 unspecified atom stereocenters. The van der Waals surface area contributed by atoms with Gasteiger partial charge in [-0.15, -0.1) is 0 Å². The van der Waals surface area contributed by atoms with Crippen LogP contribution >= 0.6 is 0 Å². The smallest absolute Gasteiger partial charge is 0.214 e. The topological polar surface area (TPSA) is 45.0 Å². The molecule has 0 radical (unpaired) electrons. The number of hydrogen-bond acceptors (Lipinski definition) is 3. The minimum Gasteiger partial charge on any atom is -0.306 e. The van der Waals surface area contributed by atoms with E-state index in [4.69, 9.17) is 6.57 Å². The minimum absolute atomic E-state index is 0.234. The summed E-state index contributed by atoms with van der Waals surface area (Å²) in [7, 11) is -1.21. The second kappa shape index (κ2) is 13.9. The van der Waals surface area contributed by atoms with E-state index in [9.17, 15) is 8.42 Å². The lowest BCUT2D eigenvalue weighted by molar-refractivity contribution is 0.194. The average Bonchev–Trinajstić information content (AvgIpc) is 2.86. The van der Waals surface area contributed by atoms with Crippen molar-refractivity contribution in [2.24, 2.45) is 5.92 Å². The Labute approximate surface area is 219 Å². The first-order valence-corrected chi connectivity index (χ1v) is 15.2. The maximum atomic E-state index is 13.6. The SMILES string of the molecule is [C-]#[N+]c1cccc(-c2cc(C)cc(CN(CC3CCN(C)CC3)S(=O)(=O)CCCCCCCC)c2)c1. The van der Waals surface area contributed by atoms with Crippen LogP contribution in [0.25, 0.3) is 16.0 Å². The number of nitrogens with zero attached hydrogens (tertiary/aromatic N) is 3. The molecule has 1 fully saturated rings. The number of unbranched alkanes of at least 4 members (excludes halogenated alkanes) is 5. The van der Waals surface area contributed by atoms with Crippen LogP contribution in [0.1, 0.15) is 69.4 Å². The van der Waals surface area contributed by atoms with Crippen molar-refractivity contribution in [1.82, 2.24) is 9.21 Å². The fraction of sp³-hybridized carbons (Fsp3) is 0.567. The third-order valence-corrected chi connectivity index (χ3v) is 9.12. The van der Waals surface area contributed by atoms with Gasteiger partial charge in [0.2, 0.25) is 10.0 Å². The van der Waals surface area contributed by atoms with Gasteiger partial charge >= 0.3 is 0 Å². The van der Waals surface area contributed by atoms with Gasteiger partial charge in [0.15, 0.2) is 5.69 Å². The Bertz CT molecular complexity index is 1120. The normalized spacial score (nSPS) is 15.3. The van der Waals surface area contributed by atoms with Crippen molar-refractivity contribution in [3.63, 3.8) is 0 Å². The van der Waals surface area contributed by atoms with Gasteiger partial charge in [0, 0.05) is 13.1 Å². The van der Waals surface area contributed by atoms with E-state index in [2.05, 4.69) is 48.8 Å². The molecule has 0 aliphatic carbocycles. The zero-order valence-corrected chi connectivity index (χ0v) is 23.2. The number of aryl methyl sites for hydroxylation is 1. The fourth-order valence-electron chi connectivity index (χ4n) is 5.08. The number of hydrogen-bond donors (Lipinski definition) is 0. The summed E-state index contributed by atoms with van der Waals surface area (Å²) in [6, 6.07) is 13.9. The Morgan fingerprint density at radius 2 is 1.72 bits per heavy atom.